The highest BCUT2D eigenvalue weighted by atomic mass is 32.2. The molecule has 0 aliphatic heterocycles. The number of hydrogen-bond donors (Lipinski definition) is 2. The van der Waals surface area contributed by atoms with Crippen LogP contribution in [-0.2, 0) is 4.79 Å². The summed E-state index contributed by atoms with van der Waals surface area (Å²) in [6.07, 6.45) is 0.553. The molecule has 1 rings (SSSR count). The van der Waals surface area contributed by atoms with Gasteiger partial charge in [0.05, 0.1) is 10.7 Å². The molecule has 0 bridgehead atoms. The highest BCUT2D eigenvalue weighted by molar-refractivity contribution is 8.00. The number of benzene rings is 1. The number of nitrogens with two attached hydrogens (primary N) is 1. The minimum absolute atomic E-state index is 0.00473. The number of carbonyl (C=O) groups excluding carboxylic acids is 1. The summed E-state index contributed by atoms with van der Waals surface area (Å²) in [6.45, 7) is 0.517. The molecule has 3 N–H and O–H groups in total. The molecule has 1 aromatic carbocycles. The maximum absolute atomic E-state index is 11.4. The number of hydrogen-bond acceptors (Lipinski definition) is 3. The average molecular weight is 254 g/mol. The van der Waals surface area contributed by atoms with E-state index in [1.165, 1.54) is 11.8 Å². The van der Waals surface area contributed by atoms with Crippen molar-refractivity contribution < 1.29 is 4.79 Å². The summed E-state index contributed by atoms with van der Waals surface area (Å²) in [5, 5.41) is 2.76. The van der Waals surface area contributed by atoms with Crippen molar-refractivity contribution in [3.63, 3.8) is 0 Å². The molecule has 0 aromatic heterocycles. The van der Waals surface area contributed by atoms with Crippen LogP contribution in [0.1, 0.15) is 6.42 Å². The van der Waals surface area contributed by atoms with Crippen LogP contribution in [0.25, 0.3) is 0 Å². The SMILES string of the molecule is NC(=S)CCNC(=O)CSc1ccccc1. The lowest BCUT2D eigenvalue weighted by molar-refractivity contribution is -0.118. The van der Waals surface area contributed by atoms with E-state index < -0.39 is 0 Å². The molecular formula is C11H14N2OS2. The van der Waals surface area contributed by atoms with Crippen molar-refractivity contribution in [2.45, 2.75) is 11.3 Å². The van der Waals surface area contributed by atoms with Gasteiger partial charge in [0.15, 0.2) is 0 Å². The molecule has 0 aliphatic rings. The van der Waals surface area contributed by atoms with Gasteiger partial charge in [-0.2, -0.15) is 0 Å². The lowest BCUT2D eigenvalue weighted by Gasteiger charge is -2.04. The Morgan fingerprint density at radius 1 is 1.38 bits per heavy atom. The van der Waals surface area contributed by atoms with E-state index in [1.54, 1.807) is 0 Å². The van der Waals surface area contributed by atoms with Gasteiger partial charge >= 0.3 is 0 Å². The van der Waals surface area contributed by atoms with Crippen molar-refractivity contribution in [1.82, 2.24) is 5.32 Å². The summed E-state index contributed by atoms with van der Waals surface area (Å²) < 4.78 is 0. The Kier molecular flexibility index (Phi) is 5.88. The summed E-state index contributed by atoms with van der Waals surface area (Å²) >= 11 is 6.22. The van der Waals surface area contributed by atoms with Crippen LogP contribution in [0.4, 0.5) is 0 Å². The van der Waals surface area contributed by atoms with E-state index in [9.17, 15) is 4.79 Å². The number of nitrogens with one attached hydrogen (secondary N) is 1. The van der Waals surface area contributed by atoms with Crippen molar-refractivity contribution in [3.05, 3.63) is 30.3 Å². The highest BCUT2D eigenvalue weighted by Crippen LogP contribution is 2.15. The molecule has 1 amide bonds. The van der Waals surface area contributed by atoms with Gasteiger partial charge < -0.3 is 11.1 Å². The Bertz CT molecular complexity index is 354. The fraction of sp³-hybridized carbons (Fsp3) is 0.273. The molecule has 16 heavy (non-hydrogen) atoms. The van der Waals surface area contributed by atoms with Gasteiger partial charge in [0.2, 0.25) is 5.91 Å². The van der Waals surface area contributed by atoms with Crippen LogP contribution >= 0.6 is 24.0 Å². The van der Waals surface area contributed by atoms with Crippen molar-refractivity contribution in [1.29, 1.82) is 0 Å². The quantitative estimate of drug-likeness (QED) is 0.598. The Balaban J connectivity index is 2.18. The standard InChI is InChI=1S/C11H14N2OS2/c12-10(15)6-7-13-11(14)8-16-9-4-2-1-3-5-9/h1-5H,6-8H2,(H2,12,15)(H,13,14). The third-order valence-corrected chi connectivity index (χ3v) is 3.02. The van der Waals surface area contributed by atoms with Crippen molar-refractivity contribution in [2.75, 3.05) is 12.3 Å². The second-order valence-corrected chi connectivity index (χ2v) is 4.74. The molecule has 0 saturated carbocycles. The number of carbonyl (C=O) groups is 1. The van der Waals surface area contributed by atoms with Crippen LogP contribution in [0, 0.1) is 0 Å². The first kappa shape index (κ1) is 13.0. The number of thioether (sulfide) groups is 1. The zero-order valence-electron chi connectivity index (χ0n) is 8.81. The van der Waals surface area contributed by atoms with Crippen molar-refractivity contribution in [3.8, 4) is 0 Å². The molecular weight excluding hydrogens is 240 g/mol. The van der Waals surface area contributed by atoms with Gasteiger partial charge in [-0.25, -0.2) is 0 Å². The van der Waals surface area contributed by atoms with Crippen molar-refractivity contribution >= 4 is 34.9 Å². The molecule has 0 fully saturated rings. The Hall–Kier alpha value is -1.07. The number of amides is 1. The maximum Gasteiger partial charge on any atom is 0.230 e. The first-order chi connectivity index (χ1) is 7.68. The second-order valence-electron chi connectivity index (χ2n) is 3.17. The summed E-state index contributed by atoms with van der Waals surface area (Å²) in [4.78, 5) is 12.9. The van der Waals surface area contributed by atoms with Gasteiger partial charge in [-0.05, 0) is 12.1 Å². The lowest BCUT2D eigenvalue weighted by atomic mass is 10.4. The molecule has 86 valence electrons. The molecule has 1 aromatic rings. The van der Waals surface area contributed by atoms with Crippen molar-refractivity contribution in [2.24, 2.45) is 5.73 Å². The zero-order chi connectivity index (χ0) is 11.8. The summed E-state index contributed by atoms with van der Waals surface area (Å²) in [6, 6.07) is 9.81. The summed E-state index contributed by atoms with van der Waals surface area (Å²) in [5.74, 6) is 0.423. The largest absolute Gasteiger partial charge is 0.393 e. The third-order valence-electron chi connectivity index (χ3n) is 1.81. The highest BCUT2D eigenvalue weighted by Gasteiger charge is 2.01. The van der Waals surface area contributed by atoms with Gasteiger partial charge in [0.25, 0.3) is 0 Å². The van der Waals surface area contributed by atoms with E-state index in [2.05, 4.69) is 5.32 Å². The van der Waals surface area contributed by atoms with Gasteiger partial charge in [0, 0.05) is 17.9 Å². The minimum Gasteiger partial charge on any atom is -0.393 e. The van der Waals surface area contributed by atoms with E-state index in [1.807, 2.05) is 30.3 Å². The Morgan fingerprint density at radius 3 is 2.69 bits per heavy atom. The molecule has 0 saturated heterocycles. The van der Waals surface area contributed by atoms with Gasteiger partial charge in [-0.15, -0.1) is 11.8 Å². The Morgan fingerprint density at radius 2 is 2.06 bits per heavy atom. The molecule has 0 spiro atoms. The smallest absolute Gasteiger partial charge is 0.230 e. The number of rotatable bonds is 6. The summed E-state index contributed by atoms with van der Waals surface area (Å²) in [5.41, 5.74) is 5.32. The van der Waals surface area contributed by atoms with Crippen LogP contribution in [0.5, 0.6) is 0 Å². The first-order valence-electron chi connectivity index (χ1n) is 4.91. The monoisotopic (exact) mass is 254 g/mol. The van der Waals surface area contributed by atoms with Crippen LogP contribution in [0.15, 0.2) is 35.2 Å². The van der Waals surface area contributed by atoms with E-state index >= 15 is 0 Å². The first-order valence-corrected chi connectivity index (χ1v) is 6.30. The maximum atomic E-state index is 11.4. The van der Waals surface area contributed by atoms with E-state index in [0.29, 0.717) is 23.7 Å². The molecule has 0 atom stereocenters. The van der Waals surface area contributed by atoms with E-state index in [4.69, 9.17) is 18.0 Å². The molecule has 0 unspecified atom stereocenters. The minimum atomic E-state index is 0.00473. The van der Waals surface area contributed by atoms with Gasteiger partial charge in [-0.3, -0.25) is 4.79 Å². The topological polar surface area (TPSA) is 55.1 Å². The van der Waals surface area contributed by atoms with E-state index in [0.717, 1.165) is 4.90 Å². The predicted octanol–water partition coefficient (Wildman–Crippen LogP) is 1.57. The number of thiocarbonyl (C=S) groups is 1. The predicted molar refractivity (Wildman–Crippen MR) is 71.6 cm³/mol. The van der Waals surface area contributed by atoms with Crippen LogP contribution in [0.3, 0.4) is 0 Å². The lowest BCUT2D eigenvalue weighted by Crippen LogP contribution is -2.28. The molecule has 0 heterocycles. The third kappa shape index (κ3) is 5.72. The second kappa shape index (κ2) is 7.24. The van der Waals surface area contributed by atoms with Crippen LogP contribution in [-0.4, -0.2) is 23.2 Å². The average Bonchev–Trinajstić information content (AvgIpc) is 2.27. The van der Waals surface area contributed by atoms with Crippen LogP contribution in [0.2, 0.25) is 0 Å². The fourth-order valence-corrected chi connectivity index (χ4v) is 1.89. The molecule has 3 nitrogen and oxygen atoms in total. The van der Waals surface area contributed by atoms with Gasteiger partial charge in [0.1, 0.15) is 0 Å². The van der Waals surface area contributed by atoms with Gasteiger partial charge in [-0.1, -0.05) is 30.4 Å². The molecule has 0 radical (unpaired) electrons. The Labute approximate surface area is 105 Å². The van der Waals surface area contributed by atoms with Crippen LogP contribution < -0.4 is 11.1 Å². The fourth-order valence-electron chi connectivity index (χ4n) is 1.04. The zero-order valence-corrected chi connectivity index (χ0v) is 10.4. The van der Waals surface area contributed by atoms with E-state index in [-0.39, 0.29) is 5.91 Å². The summed E-state index contributed by atoms with van der Waals surface area (Å²) in [7, 11) is 0. The molecule has 0 aliphatic carbocycles. The molecule has 5 heteroatoms. The normalized spacial score (nSPS) is 9.75.